The summed E-state index contributed by atoms with van der Waals surface area (Å²) in [6, 6.07) is 7.49. The molecule has 1 aliphatic carbocycles. The van der Waals surface area contributed by atoms with Gasteiger partial charge in [-0.15, -0.1) is 10.2 Å². The molecule has 2 aromatic rings. The second-order valence-electron chi connectivity index (χ2n) is 8.38. The van der Waals surface area contributed by atoms with E-state index in [4.69, 9.17) is 9.47 Å². The van der Waals surface area contributed by atoms with Crippen LogP contribution in [0.25, 0.3) is 11.4 Å². The van der Waals surface area contributed by atoms with Crippen LogP contribution in [0.4, 0.5) is 4.79 Å². The van der Waals surface area contributed by atoms with Gasteiger partial charge in [0.25, 0.3) is 0 Å². The minimum Gasteiger partial charge on any atom is -0.497 e. The van der Waals surface area contributed by atoms with Crippen molar-refractivity contribution in [3.63, 3.8) is 0 Å². The number of hydrogen-bond acceptors (Lipinski definition) is 7. The predicted octanol–water partition coefficient (Wildman–Crippen LogP) is 3.38. The van der Waals surface area contributed by atoms with Gasteiger partial charge in [0.1, 0.15) is 5.75 Å². The van der Waals surface area contributed by atoms with Crippen molar-refractivity contribution < 1.29 is 19.1 Å². The molecule has 1 aliphatic heterocycles. The summed E-state index contributed by atoms with van der Waals surface area (Å²) in [6.07, 6.45) is 6.61. The van der Waals surface area contributed by atoms with Crippen molar-refractivity contribution in [3.05, 3.63) is 24.3 Å². The number of ether oxygens (including phenoxy) is 2. The van der Waals surface area contributed by atoms with Crippen LogP contribution in [0, 0.1) is 0 Å². The number of urea groups is 1. The summed E-state index contributed by atoms with van der Waals surface area (Å²) in [5.74, 6) is 1.74. The van der Waals surface area contributed by atoms with Gasteiger partial charge in [-0.05, 0) is 49.9 Å². The molecule has 2 heterocycles. The maximum Gasteiger partial charge on any atom is 0.321 e. The predicted molar refractivity (Wildman–Crippen MR) is 125 cm³/mol. The van der Waals surface area contributed by atoms with Crippen molar-refractivity contribution in [2.45, 2.75) is 68.8 Å². The van der Waals surface area contributed by atoms with Crippen LogP contribution in [0.3, 0.4) is 0 Å². The number of nitrogens with zero attached hydrogens (tertiary/aromatic N) is 3. The highest BCUT2D eigenvalue weighted by molar-refractivity contribution is 7.99. The molecule has 1 unspecified atom stereocenters. The van der Waals surface area contributed by atoms with Crippen molar-refractivity contribution in [3.8, 4) is 17.1 Å². The van der Waals surface area contributed by atoms with Gasteiger partial charge in [-0.25, -0.2) is 4.79 Å². The molecule has 3 amide bonds. The Hall–Kier alpha value is -2.59. The molecule has 1 saturated heterocycles. The van der Waals surface area contributed by atoms with E-state index in [1.54, 1.807) is 7.11 Å². The minimum absolute atomic E-state index is 0.125. The number of thioether (sulfide) groups is 1. The highest BCUT2D eigenvalue weighted by Crippen LogP contribution is 2.28. The van der Waals surface area contributed by atoms with Gasteiger partial charge >= 0.3 is 6.03 Å². The molecule has 4 rings (SSSR count). The third-order valence-corrected chi connectivity index (χ3v) is 6.95. The fraction of sp³-hybridized carbons (Fsp3) is 0.565. The number of aromatic nitrogens is 3. The molecule has 2 aliphatic rings. The van der Waals surface area contributed by atoms with Crippen molar-refractivity contribution in [1.82, 2.24) is 25.4 Å². The molecule has 0 spiro atoms. The third kappa shape index (κ3) is 6.48. The van der Waals surface area contributed by atoms with Crippen molar-refractivity contribution in [2.75, 3.05) is 19.5 Å². The van der Waals surface area contributed by atoms with Gasteiger partial charge in [-0.1, -0.05) is 24.6 Å². The van der Waals surface area contributed by atoms with E-state index in [0.29, 0.717) is 12.3 Å². The smallest absolute Gasteiger partial charge is 0.321 e. The first kappa shape index (κ1) is 23.6. The van der Waals surface area contributed by atoms with Crippen LogP contribution in [0.2, 0.25) is 0 Å². The van der Waals surface area contributed by atoms with Crippen LogP contribution in [-0.2, 0) is 16.1 Å². The first-order chi connectivity index (χ1) is 16.1. The highest BCUT2D eigenvalue weighted by atomic mass is 32.2. The van der Waals surface area contributed by atoms with Gasteiger partial charge in [0.15, 0.2) is 11.0 Å². The Morgan fingerprint density at radius 1 is 1.15 bits per heavy atom. The van der Waals surface area contributed by atoms with Gasteiger partial charge in [0, 0.05) is 30.4 Å². The number of amides is 3. The molecular weight excluding hydrogens is 442 g/mol. The number of imide groups is 1. The molecule has 33 heavy (non-hydrogen) atoms. The lowest BCUT2D eigenvalue weighted by Gasteiger charge is -2.15. The SMILES string of the molecule is COc1ccc(-c2nnc(SCCC(=O)NC(=O)NC3CCCC3)n2CC2CCCO2)cc1. The number of hydrogen-bond donors (Lipinski definition) is 2. The lowest BCUT2D eigenvalue weighted by Crippen LogP contribution is -2.43. The van der Waals surface area contributed by atoms with Gasteiger partial charge in [0.05, 0.1) is 19.8 Å². The molecular formula is C23H31N5O4S. The summed E-state index contributed by atoms with van der Waals surface area (Å²) in [7, 11) is 1.64. The summed E-state index contributed by atoms with van der Waals surface area (Å²) in [4.78, 5) is 24.2. The average molecular weight is 474 g/mol. The Kier molecular flexibility index (Phi) is 8.22. The van der Waals surface area contributed by atoms with Crippen LogP contribution in [-0.4, -0.2) is 58.3 Å². The maximum atomic E-state index is 12.2. The molecule has 1 saturated carbocycles. The van der Waals surface area contributed by atoms with Crippen LogP contribution in [0.5, 0.6) is 5.75 Å². The van der Waals surface area contributed by atoms with Crippen LogP contribution >= 0.6 is 11.8 Å². The van der Waals surface area contributed by atoms with E-state index in [9.17, 15) is 9.59 Å². The first-order valence-electron chi connectivity index (χ1n) is 11.5. The summed E-state index contributed by atoms with van der Waals surface area (Å²) in [6.45, 7) is 1.43. The Balaban J connectivity index is 1.36. The lowest BCUT2D eigenvalue weighted by atomic mass is 10.2. The Morgan fingerprint density at radius 2 is 1.94 bits per heavy atom. The van der Waals surface area contributed by atoms with Crippen LogP contribution < -0.4 is 15.4 Å². The first-order valence-corrected chi connectivity index (χ1v) is 12.5. The van der Waals surface area contributed by atoms with Crippen molar-refractivity contribution in [2.24, 2.45) is 0 Å². The largest absolute Gasteiger partial charge is 0.497 e. The molecule has 1 aromatic carbocycles. The van der Waals surface area contributed by atoms with Gasteiger partial charge in [-0.2, -0.15) is 0 Å². The Labute approximate surface area is 198 Å². The van der Waals surface area contributed by atoms with E-state index >= 15 is 0 Å². The van der Waals surface area contributed by atoms with Crippen LogP contribution in [0.1, 0.15) is 44.9 Å². The van der Waals surface area contributed by atoms with E-state index in [2.05, 4.69) is 25.4 Å². The number of carbonyl (C=O) groups is 2. The fourth-order valence-corrected chi connectivity index (χ4v) is 5.11. The number of rotatable bonds is 9. The zero-order valence-electron chi connectivity index (χ0n) is 18.9. The normalized spacial score (nSPS) is 18.4. The second kappa shape index (κ2) is 11.5. The quantitative estimate of drug-likeness (QED) is 0.538. The molecule has 178 valence electrons. The van der Waals surface area contributed by atoms with E-state index in [1.165, 1.54) is 11.8 Å². The van der Waals surface area contributed by atoms with E-state index in [-0.39, 0.29) is 24.5 Å². The summed E-state index contributed by atoms with van der Waals surface area (Å²) in [5.41, 5.74) is 0.939. The highest BCUT2D eigenvalue weighted by Gasteiger charge is 2.22. The molecule has 2 fully saturated rings. The fourth-order valence-electron chi connectivity index (χ4n) is 4.22. The molecule has 2 N–H and O–H groups in total. The second-order valence-corrected chi connectivity index (χ2v) is 9.44. The average Bonchev–Trinajstić information content (AvgIpc) is 3.58. The number of methoxy groups -OCH3 is 1. The molecule has 9 nitrogen and oxygen atoms in total. The summed E-state index contributed by atoms with van der Waals surface area (Å²) < 4.78 is 13.2. The van der Waals surface area contributed by atoms with E-state index in [0.717, 1.165) is 67.4 Å². The Morgan fingerprint density at radius 3 is 2.64 bits per heavy atom. The summed E-state index contributed by atoms with van der Waals surface area (Å²) in [5, 5.41) is 14.8. The lowest BCUT2D eigenvalue weighted by molar-refractivity contribution is -0.119. The standard InChI is InChI=1S/C23H31N5O4S/c1-31-18-10-8-16(9-11-18)21-26-27-23(28(21)15-19-7-4-13-32-19)33-14-12-20(29)25-22(30)24-17-5-2-3-6-17/h8-11,17,19H,2-7,12-15H2,1H3,(H2,24,25,29,30). The molecule has 1 aromatic heterocycles. The zero-order valence-corrected chi connectivity index (χ0v) is 19.7. The van der Waals surface area contributed by atoms with E-state index < -0.39 is 6.03 Å². The monoisotopic (exact) mass is 473 g/mol. The molecule has 0 radical (unpaired) electrons. The van der Waals surface area contributed by atoms with E-state index in [1.807, 2.05) is 24.3 Å². The van der Waals surface area contributed by atoms with Crippen LogP contribution in [0.15, 0.2) is 29.4 Å². The van der Waals surface area contributed by atoms with Gasteiger partial charge in [0.2, 0.25) is 5.91 Å². The van der Waals surface area contributed by atoms with Crippen molar-refractivity contribution in [1.29, 1.82) is 0 Å². The number of nitrogens with one attached hydrogen (secondary N) is 2. The van der Waals surface area contributed by atoms with Crippen molar-refractivity contribution >= 4 is 23.7 Å². The zero-order chi connectivity index (χ0) is 23.0. The molecule has 1 atom stereocenters. The minimum atomic E-state index is -0.403. The van der Waals surface area contributed by atoms with Gasteiger partial charge in [-0.3, -0.25) is 14.7 Å². The third-order valence-electron chi connectivity index (χ3n) is 5.98. The molecule has 0 bridgehead atoms. The Bertz CT molecular complexity index is 937. The van der Waals surface area contributed by atoms with Gasteiger partial charge < -0.3 is 14.8 Å². The number of benzene rings is 1. The summed E-state index contributed by atoms with van der Waals surface area (Å²) >= 11 is 1.46. The maximum absolute atomic E-state index is 12.2. The molecule has 10 heteroatoms. The number of carbonyl (C=O) groups excluding carboxylic acids is 2. The topological polar surface area (TPSA) is 107 Å².